The molecule has 0 radical (unpaired) electrons. The van der Waals surface area contributed by atoms with Gasteiger partial charge >= 0.3 is 0 Å². The van der Waals surface area contributed by atoms with Gasteiger partial charge in [-0.3, -0.25) is 0 Å². The predicted molar refractivity (Wildman–Crippen MR) is 132 cm³/mol. The molecule has 0 aromatic heterocycles. The zero-order valence-corrected chi connectivity index (χ0v) is 19.9. The van der Waals surface area contributed by atoms with Crippen LogP contribution >= 0.6 is 0 Å². The van der Waals surface area contributed by atoms with E-state index in [9.17, 15) is 0 Å². The lowest BCUT2D eigenvalue weighted by Gasteiger charge is -2.38. The third-order valence-corrected chi connectivity index (χ3v) is 6.05. The van der Waals surface area contributed by atoms with E-state index in [0.717, 1.165) is 51.8 Å². The molecule has 6 nitrogen and oxygen atoms in total. The summed E-state index contributed by atoms with van der Waals surface area (Å²) in [6.07, 6.45) is 0.419. The van der Waals surface area contributed by atoms with Crippen molar-refractivity contribution in [3.05, 3.63) is 83.4 Å². The Hall–Kier alpha value is -3.67. The fraction of sp³-hybridized carbons (Fsp3) is 0.321. The second-order valence-electron chi connectivity index (χ2n) is 8.18. The van der Waals surface area contributed by atoms with Gasteiger partial charge in [0.05, 0.1) is 31.6 Å². The molecule has 0 N–H and O–H groups in total. The predicted octanol–water partition coefficient (Wildman–Crippen LogP) is 6.13. The number of para-hydroxylation sites is 1. The van der Waals surface area contributed by atoms with E-state index in [0.29, 0.717) is 19.8 Å². The molecule has 6 heteroatoms. The maximum Gasteiger partial charge on any atom is 0.214 e. The molecule has 0 amide bonds. The fourth-order valence-corrected chi connectivity index (χ4v) is 4.55. The van der Waals surface area contributed by atoms with E-state index in [1.54, 1.807) is 0 Å². The number of hydrazone groups is 1. The molecule has 34 heavy (non-hydrogen) atoms. The first kappa shape index (κ1) is 22.1. The Morgan fingerprint density at radius 1 is 0.824 bits per heavy atom. The van der Waals surface area contributed by atoms with E-state index >= 15 is 0 Å². The molecular formula is C28H30N2O4. The Morgan fingerprint density at radius 2 is 1.47 bits per heavy atom. The quantitative estimate of drug-likeness (QED) is 0.407. The lowest BCUT2D eigenvalue weighted by atomic mass is 9.95. The second-order valence-corrected chi connectivity index (χ2v) is 8.18. The highest BCUT2D eigenvalue weighted by Crippen LogP contribution is 2.50. The monoisotopic (exact) mass is 458 g/mol. The largest absolute Gasteiger partial charge is 0.494 e. The summed E-state index contributed by atoms with van der Waals surface area (Å²) in [4.78, 5) is 0. The lowest BCUT2D eigenvalue weighted by molar-refractivity contribution is -0.0212. The zero-order chi connectivity index (χ0) is 23.5. The number of fused-ring (bicyclic) bond motifs is 3. The molecule has 5 rings (SSSR count). The normalized spacial score (nSPS) is 18.4. The summed E-state index contributed by atoms with van der Waals surface area (Å²) in [6.45, 7) is 7.82. The van der Waals surface area contributed by atoms with E-state index in [2.05, 4.69) is 23.2 Å². The molecule has 0 bridgehead atoms. The van der Waals surface area contributed by atoms with Gasteiger partial charge in [0.25, 0.3) is 0 Å². The van der Waals surface area contributed by atoms with Crippen molar-refractivity contribution in [2.24, 2.45) is 5.10 Å². The Morgan fingerprint density at radius 3 is 2.12 bits per heavy atom. The molecule has 176 valence electrons. The number of rotatable bonds is 8. The first-order chi connectivity index (χ1) is 16.7. The summed E-state index contributed by atoms with van der Waals surface area (Å²) >= 11 is 0. The van der Waals surface area contributed by atoms with Crippen LogP contribution in [0.15, 0.2) is 71.8 Å². The Kier molecular flexibility index (Phi) is 6.30. The minimum Gasteiger partial charge on any atom is -0.494 e. The highest BCUT2D eigenvalue weighted by atomic mass is 16.5. The van der Waals surface area contributed by atoms with Crippen molar-refractivity contribution in [2.75, 3.05) is 19.8 Å². The van der Waals surface area contributed by atoms with Gasteiger partial charge in [-0.05, 0) is 80.9 Å². The van der Waals surface area contributed by atoms with Crippen LogP contribution < -0.4 is 18.9 Å². The number of ether oxygens (including phenoxy) is 4. The van der Waals surface area contributed by atoms with Gasteiger partial charge in [-0.15, -0.1) is 0 Å². The van der Waals surface area contributed by atoms with Crippen LogP contribution in [0.4, 0.5) is 0 Å². The molecule has 0 unspecified atom stereocenters. The zero-order valence-electron chi connectivity index (χ0n) is 19.9. The van der Waals surface area contributed by atoms with Crippen LogP contribution in [-0.2, 0) is 0 Å². The first-order valence-electron chi connectivity index (χ1n) is 12.0. The minimum absolute atomic E-state index is 0.0577. The van der Waals surface area contributed by atoms with Gasteiger partial charge in [0.2, 0.25) is 6.23 Å². The first-order valence-corrected chi connectivity index (χ1v) is 12.0. The van der Waals surface area contributed by atoms with Crippen LogP contribution in [0.2, 0.25) is 0 Å². The van der Waals surface area contributed by atoms with Crippen LogP contribution in [0, 0.1) is 0 Å². The molecule has 0 fully saturated rings. The van der Waals surface area contributed by atoms with Gasteiger partial charge < -0.3 is 18.9 Å². The summed E-state index contributed by atoms with van der Waals surface area (Å²) in [5, 5.41) is 7.14. The van der Waals surface area contributed by atoms with E-state index in [1.165, 1.54) is 0 Å². The smallest absolute Gasteiger partial charge is 0.214 e. The molecule has 2 atom stereocenters. The van der Waals surface area contributed by atoms with Crippen LogP contribution in [0.5, 0.6) is 23.0 Å². The molecule has 3 aromatic carbocycles. The molecule has 2 aliphatic heterocycles. The molecule has 3 aromatic rings. The van der Waals surface area contributed by atoms with Gasteiger partial charge in [-0.2, -0.15) is 5.10 Å². The Balaban J connectivity index is 1.53. The average molecular weight is 459 g/mol. The summed E-state index contributed by atoms with van der Waals surface area (Å²) in [6, 6.07) is 22.4. The SMILES string of the molecule is CCOc1ccc(C2=NN3[C@H](C2)c2cccc(OCC)c2O[C@H]3c2ccc(OCC)cc2)cc1. The number of benzene rings is 3. The third-order valence-electron chi connectivity index (χ3n) is 6.05. The minimum atomic E-state index is -0.366. The Bertz CT molecular complexity index is 1160. The molecule has 0 spiro atoms. The average Bonchev–Trinajstić information content (AvgIpc) is 3.31. The van der Waals surface area contributed by atoms with Crippen molar-refractivity contribution in [1.29, 1.82) is 0 Å². The van der Waals surface area contributed by atoms with Gasteiger partial charge in [0.15, 0.2) is 11.5 Å². The van der Waals surface area contributed by atoms with Crippen LogP contribution in [0.25, 0.3) is 0 Å². The molecular weight excluding hydrogens is 428 g/mol. The third kappa shape index (κ3) is 4.16. The van der Waals surface area contributed by atoms with Gasteiger partial charge in [0, 0.05) is 17.5 Å². The van der Waals surface area contributed by atoms with Crippen molar-refractivity contribution in [3.63, 3.8) is 0 Å². The van der Waals surface area contributed by atoms with Crippen LogP contribution in [-0.4, -0.2) is 30.5 Å². The van der Waals surface area contributed by atoms with E-state index in [-0.39, 0.29) is 12.3 Å². The Labute approximate surface area is 200 Å². The highest BCUT2D eigenvalue weighted by molar-refractivity contribution is 6.02. The number of nitrogens with zero attached hydrogens (tertiary/aromatic N) is 2. The van der Waals surface area contributed by atoms with E-state index in [1.807, 2.05) is 69.3 Å². The summed E-state index contributed by atoms with van der Waals surface area (Å²) in [5.41, 5.74) is 4.23. The maximum absolute atomic E-state index is 6.58. The van der Waals surface area contributed by atoms with Crippen molar-refractivity contribution in [2.45, 2.75) is 39.5 Å². The highest BCUT2D eigenvalue weighted by Gasteiger charge is 2.42. The van der Waals surface area contributed by atoms with E-state index < -0.39 is 0 Å². The second kappa shape index (κ2) is 9.67. The van der Waals surface area contributed by atoms with Crippen LogP contribution in [0.3, 0.4) is 0 Å². The van der Waals surface area contributed by atoms with Crippen molar-refractivity contribution in [3.8, 4) is 23.0 Å². The molecule has 0 saturated carbocycles. The van der Waals surface area contributed by atoms with Gasteiger partial charge in [-0.1, -0.05) is 12.1 Å². The number of hydrogen-bond donors (Lipinski definition) is 0. The van der Waals surface area contributed by atoms with Crippen molar-refractivity contribution < 1.29 is 18.9 Å². The summed E-state index contributed by atoms with van der Waals surface area (Å²) < 4.78 is 23.7. The standard InChI is InChI=1S/C28H30N2O4/c1-4-31-21-14-10-19(11-15-21)24-18-25-23-8-7-9-26(33-6-3)27(23)34-28(30(25)29-24)20-12-16-22(17-13-20)32-5-2/h7-17,25,28H,4-6,18H2,1-3H3/t25-,28+/m1/s1. The topological polar surface area (TPSA) is 52.5 Å². The molecule has 0 aliphatic carbocycles. The summed E-state index contributed by atoms with van der Waals surface area (Å²) in [5.74, 6) is 3.27. The summed E-state index contributed by atoms with van der Waals surface area (Å²) in [7, 11) is 0. The maximum atomic E-state index is 6.58. The molecule has 2 aliphatic rings. The van der Waals surface area contributed by atoms with Crippen LogP contribution in [0.1, 0.15) is 56.2 Å². The number of hydrogen-bond acceptors (Lipinski definition) is 6. The van der Waals surface area contributed by atoms with E-state index in [4.69, 9.17) is 24.0 Å². The molecule has 2 heterocycles. The van der Waals surface area contributed by atoms with Crippen molar-refractivity contribution in [1.82, 2.24) is 5.01 Å². The lowest BCUT2D eigenvalue weighted by Crippen LogP contribution is -2.33. The van der Waals surface area contributed by atoms with Gasteiger partial charge in [-0.25, -0.2) is 5.01 Å². The molecule has 0 saturated heterocycles. The van der Waals surface area contributed by atoms with Crippen molar-refractivity contribution >= 4 is 5.71 Å². The fourth-order valence-electron chi connectivity index (χ4n) is 4.55. The van der Waals surface area contributed by atoms with Gasteiger partial charge in [0.1, 0.15) is 11.5 Å².